The van der Waals surface area contributed by atoms with Crippen LogP contribution in [0.1, 0.15) is 24.5 Å². The van der Waals surface area contributed by atoms with Gasteiger partial charge in [-0.1, -0.05) is 13.0 Å². The summed E-state index contributed by atoms with van der Waals surface area (Å²) in [7, 11) is 0. The van der Waals surface area contributed by atoms with Crippen molar-refractivity contribution in [2.75, 3.05) is 11.4 Å². The van der Waals surface area contributed by atoms with Crippen LogP contribution in [-0.2, 0) is 4.79 Å². The first-order valence-corrected chi connectivity index (χ1v) is 5.45. The molecule has 0 radical (unpaired) electrons. The SMILES string of the molecule is Cc1cc(C)cc(N2CC(C)CC2=O)c1. The van der Waals surface area contributed by atoms with Crippen LogP contribution in [0.3, 0.4) is 0 Å². The Balaban J connectivity index is 2.33. The first-order valence-electron chi connectivity index (χ1n) is 5.45. The van der Waals surface area contributed by atoms with Gasteiger partial charge < -0.3 is 4.90 Å². The van der Waals surface area contributed by atoms with Gasteiger partial charge in [-0.25, -0.2) is 0 Å². The van der Waals surface area contributed by atoms with Crippen LogP contribution in [-0.4, -0.2) is 12.5 Å². The third kappa shape index (κ3) is 2.04. The molecule has 1 aromatic rings. The molecule has 15 heavy (non-hydrogen) atoms. The molecule has 0 aliphatic carbocycles. The molecular formula is C13H17NO. The second-order valence-corrected chi connectivity index (χ2v) is 4.66. The molecule has 2 nitrogen and oxygen atoms in total. The highest BCUT2D eigenvalue weighted by Gasteiger charge is 2.27. The molecule has 0 N–H and O–H groups in total. The van der Waals surface area contributed by atoms with E-state index in [4.69, 9.17) is 0 Å². The lowest BCUT2D eigenvalue weighted by Gasteiger charge is -2.17. The van der Waals surface area contributed by atoms with Gasteiger partial charge in [-0.3, -0.25) is 4.79 Å². The van der Waals surface area contributed by atoms with E-state index in [1.54, 1.807) is 0 Å². The molecular weight excluding hydrogens is 186 g/mol. The van der Waals surface area contributed by atoms with Crippen molar-refractivity contribution in [3.63, 3.8) is 0 Å². The van der Waals surface area contributed by atoms with E-state index in [0.29, 0.717) is 12.3 Å². The summed E-state index contributed by atoms with van der Waals surface area (Å²) in [5.41, 5.74) is 3.50. The van der Waals surface area contributed by atoms with E-state index in [1.807, 2.05) is 4.90 Å². The van der Waals surface area contributed by atoms with Crippen molar-refractivity contribution in [2.45, 2.75) is 27.2 Å². The first kappa shape index (κ1) is 10.2. The number of hydrogen-bond donors (Lipinski definition) is 0. The third-order valence-electron chi connectivity index (χ3n) is 2.84. The molecule has 0 saturated carbocycles. The van der Waals surface area contributed by atoms with Gasteiger partial charge >= 0.3 is 0 Å². The number of carbonyl (C=O) groups is 1. The minimum absolute atomic E-state index is 0.257. The minimum atomic E-state index is 0.257. The Labute approximate surface area is 90.9 Å². The first-order chi connectivity index (χ1) is 7.06. The summed E-state index contributed by atoms with van der Waals surface area (Å²) in [6.45, 7) is 7.13. The lowest BCUT2D eigenvalue weighted by Crippen LogP contribution is -2.24. The van der Waals surface area contributed by atoms with Gasteiger partial charge in [0.1, 0.15) is 0 Å². The van der Waals surface area contributed by atoms with Crippen LogP contribution in [0.4, 0.5) is 5.69 Å². The summed E-state index contributed by atoms with van der Waals surface area (Å²) < 4.78 is 0. The predicted octanol–water partition coefficient (Wildman–Crippen LogP) is 2.68. The second kappa shape index (κ2) is 3.69. The fourth-order valence-electron chi connectivity index (χ4n) is 2.24. The standard InChI is InChI=1S/C13H17NO/c1-9-4-10(2)6-12(5-9)14-8-11(3)7-13(14)15/h4-6,11H,7-8H2,1-3H3. The van der Waals surface area contributed by atoms with Crippen LogP contribution in [0.15, 0.2) is 18.2 Å². The molecule has 1 aliphatic rings. The Morgan fingerprint density at radius 1 is 1.20 bits per heavy atom. The maximum Gasteiger partial charge on any atom is 0.227 e. The van der Waals surface area contributed by atoms with Crippen LogP contribution >= 0.6 is 0 Å². The Hall–Kier alpha value is -1.31. The van der Waals surface area contributed by atoms with Gasteiger partial charge in [-0.2, -0.15) is 0 Å². The van der Waals surface area contributed by atoms with E-state index in [0.717, 1.165) is 12.2 Å². The smallest absolute Gasteiger partial charge is 0.227 e. The van der Waals surface area contributed by atoms with Crippen LogP contribution in [0.5, 0.6) is 0 Å². The molecule has 80 valence electrons. The lowest BCUT2D eigenvalue weighted by atomic mass is 10.1. The summed E-state index contributed by atoms with van der Waals surface area (Å²) in [4.78, 5) is 13.6. The van der Waals surface area contributed by atoms with Crippen molar-refractivity contribution < 1.29 is 4.79 Å². The number of anilines is 1. The van der Waals surface area contributed by atoms with E-state index < -0.39 is 0 Å². The Morgan fingerprint density at radius 3 is 2.27 bits per heavy atom. The molecule has 2 rings (SSSR count). The average molecular weight is 203 g/mol. The van der Waals surface area contributed by atoms with Gasteiger partial charge in [0.05, 0.1) is 0 Å². The van der Waals surface area contributed by atoms with E-state index in [2.05, 4.69) is 39.0 Å². The van der Waals surface area contributed by atoms with Crippen molar-refractivity contribution in [3.8, 4) is 0 Å². The van der Waals surface area contributed by atoms with Gasteiger partial charge in [0.15, 0.2) is 0 Å². The molecule has 1 amide bonds. The van der Waals surface area contributed by atoms with E-state index in [9.17, 15) is 4.79 Å². The zero-order valence-electron chi connectivity index (χ0n) is 9.58. The van der Waals surface area contributed by atoms with Crippen molar-refractivity contribution in [2.24, 2.45) is 5.92 Å². The van der Waals surface area contributed by atoms with E-state index >= 15 is 0 Å². The van der Waals surface area contributed by atoms with Crippen LogP contribution < -0.4 is 4.90 Å². The summed E-state index contributed by atoms with van der Waals surface area (Å²) >= 11 is 0. The van der Waals surface area contributed by atoms with Crippen molar-refractivity contribution in [1.29, 1.82) is 0 Å². The molecule has 1 heterocycles. The molecule has 1 aliphatic heterocycles. The van der Waals surface area contributed by atoms with Crippen LogP contribution in [0.2, 0.25) is 0 Å². The largest absolute Gasteiger partial charge is 0.312 e. The third-order valence-corrected chi connectivity index (χ3v) is 2.84. The molecule has 0 aromatic heterocycles. The second-order valence-electron chi connectivity index (χ2n) is 4.66. The fourth-order valence-corrected chi connectivity index (χ4v) is 2.24. The average Bonchev–Trinajstić information content (AvgIpc) is 2.43. The molecule has 1 saturated heterocycles. The Bertz CT molecular complexity index is 377. The monoisotopic (exact) mass is 203 g/mol. The number of carbonyl (C=O) groups excluding carboxylic acids is 1. The normalized spacial score (nSPS) is 21.1. The lowest BCUT2D eigenvalue weighted by molar-refractivity contribution is -0.117. The molecule has 2 heteroatoms. The maximum atomic E-state index is 11.7. The van der Waals surface area contributed by atoms with Gasteiger partial charge in [-0.15, -0.1) is 0 Å². The highest BCUT2D eigenvalue weighted by atomic mass is 16.2. The highest BCUT2D eigenvalue weighted by molar-refractivity contribution is 5.95. The predicted molar refractivity (Wildman–Crippen MR) is 62.1 cm³/mol. The number of aryl methyl sites for hydroxylation is 2. The van der Waals surface area contributed by atoms with Crippen molar-refractivity contribution in [3.05, 3.63) is 29.3 Å². The molecule has 1 unspecified atom stereocenters. The zero-order valence-corrected chi connectivity index (χ0v) is 9.58. The quantitative estimate of drug-likeness (QED) is 0.687. The number of hydrogen-bond acceptors (Lipinski definition) is 1. The highest BCUT2D eigenvalue weighted by Crippen LogP contribution is 2.26. The van der Waals surface area contributed by atoms with Crippen molar-refractivity contribution >= 4 is 11.6 Å². The summed E-state index contributed by atoms with van der Waals surface area (Å²) in [6, 6.07) is 6.30. The van der Waals surface area contributed by atoms with E-state index in [-0.39, 0.29) is 5.91 Å². The molecule has 1 aromatic carbocycles. The minimum Gasteiger partial charge on any atom is -0.312 e. The maximum absolute atomic E-state index is 11.7. The van der Waals surface area contributed by atoms with Gasteiger partial charge in [0.2, 0.25) is 5.91 Å². The number of amides is 1. The summed E-state index contributed by atoms with van der Waals surface area (Å²) in [6.07, 6.45) is 0.687. The van der Waals surface area contributed by atoms with Gasteiger partial charge in [0.25, 0.3) is 0 Å². The number of benzene rings is 1. The fraction of sp³-hybridized carbons (Fsp3) is 0.462. The summed E-state index contributed by atoms with van der Waals surface area (Å²) in [5, 5.41) is 0. The van der Waals surface area contributed by atoms with Crippen molar-refractivity contribution in [1.82, 2.24) is 0 Å². The number of nitrogens with zero attached hydrogens (tertiary/aromatic N) is 1. The Morgan fingerprint density at radius 2 is 1.80 bits per heavy atom. The van der Waals surface area contributed by atoms with Crippen LogP contribution in [0, 0.1) is 19.8 Å². The molecule has 0 spiro atoms. The van der Waals surface area contributed by atoms with E-state index in [1.165, 1.54) is 11.1 Å². The zero-order chi connectivity index (χ0) is 11.0. The van der Waals surface area contributed by atoms with Gasteiger partial charge in [0, 0.05) is 18.7 Å². The Kier molecular flexibility index (Phi) is 2.51. The number of rotatable bonds is 1. The molecule has 1 atom stereocenters. The molecule has 0 bridgehead atoms. The topological polar surface area (TPSA) is 20.3 Å². The van der Waals surface area contributed by atoms with Gasteiger partial charge in [-0.05, 0) is 43.0 Å². The molecule has 1 fully saturated rings. The van der Waals surface area contributed by atoms with Crippen LogP contribution in [0.25, 0.3) is 0 Å². The summed E-state index contributed by atoms with van der Waals surface area (Å²) in [5.74, 6) is 0.741.